The Morgan fingerprint density at radius 1 is 1.37 bits per heavy atom. The number of carboxylic acids is 1. The van der Waals surface area contributed by atoms with Crippen LogP contribution in [0.15, 0.2) is 30.5 Å². The first-order valence-electron chi connectivity index (χ1n) is 6.04. The van der Waals surface area contributed by atoms with E-state index in [0.29, 0.717) is 11.8 Å². The first-order chi connectivity index (χ1) is 8.99. The quantitative estimate of drug-likeness (QED) is 0.916. The number of carbonyl (C=O) groups is 1. The molecular formula is C14H16N2O3. The second-order valence-corrected chi connectivity index (χ2v) is 4.58. The van der Waals surface area contributed by atoms with Crippen LogP contribution >= 0.6 is 0 Å². The molecule has 1 aromatic heterocycles. The van der Waals surface area contributed by atoms with Crippen molar-refractivity contribution in [2.24, 2.45) is 0 Å². The maximum absolute atomic E-state index is 11.0. The summed E-state index contributed by atoms with van der Waals surface area (Å²) in [6.45, 7) is 5.81. The van der Waals surface area contributed by atoms with Crippen LogP contribution in [0.5, 0.6) is 11.8 Å². The maximum atomic E-state index is 11.0. The van der Waals surface area contributed by atoms with E-state index in [4.69, 9.17) is 9.84 Å². The second kappa shape index (κ2) is 5.14. The molecule has 1 heterocycles. The van der Waals surface area contributed by atoms with E-state index in [9.17, 15) is 4.79 Å². The smallest absolute Gasteiger partial charge is 0.356 e. The number of nitrogens with zero attached hydrogens (tertiary/aromatic N) is 2. The van der Waals surface area contributed by atoms with Gasteiger partial charge in [-0.3, -0.25) is 4.57 Å². The molecule has 0 radical (unpaired) electrons. The van der Waals surface area contributed by atoms with Gasteiger partial charge in [0.05, 0.1) is 0 Å². The summed E-state index contributed by atoms with van der Waals surface area (Å²) in [7, 11) is 0. The number of hydrogen-bond donors (Lipinski definition) is 1. The summed E-state index contributed by atoms with van der Waals surface area (Å²) in [5, 5.41) is 8.99. The number of rotatable bonds is 4. The standard InChI is InChI=1S/C14H16N2O3/c1-9(2)16-8-11(13(17)18)15-14(16)19-12-7-5-4-6-10(12)3/h4-9H,1-3H3,(H,17,18). The summed E-state index contributed by atoms with van der Waals surface area (Å²) < 4.78 is 7.43. The third kappa shape index (κ3) is 2.76. The highest BCUT2D eigenvalue weighted by Gasteiger charge is 2.17. The van der Waals surface area contributed by atoms with Crippen LogP contribution in [0.4, 0.5) is 0 Å². The van der Waals surface area contributed by atoms with Gasteiger partial charge in [0.15, 0.2) is 5.69 Å². The van der Waals surface area contributed by atoms with Gasteiger partial charge in [0.2, 0.25) is 0 Å². The Morgan fingerprint density at radius 2 is 2.05 bits per heavy atom. The third-order valence-corrected chi connectivity index (χ3v) is 2.77. The van der Waals surface area contributed by atoms with E-state index in [1.807, 2.05) is 45.0 Å². The number of carboxylic acid groups (broad SMARTS) is 1. The van der Waals surface area contributed by atoms with Crippen LogP contribution in [0.1, 0.15) is 35.9 Å². The van der Waals surface area contributed by atoms with Crippen molar-refractivity contribution in [2.45, 2.75) is 26.8 Å². The van der Waals surface area contributed by atoms with Gasteiger partial charge in [-0.05, 0) is 32.4 Å². The van der Waals surface area contributed by atoms with Crippen molar-refractivity contribution in [2.75, 3.05) is 0 Å². The molecule has 1 N–H and O–H groups in total. The lowest BCUT2D eigenvalue weighted by atomic mass is 10.2. The summed E-state index contributed by atoms with van der Waals surface area (Å²) in [6, 6.07) is 7.90. The van der Waals surface area contributed by atoms with Crippen LogP contribution in [0.3, 0.4) is 0 Å². The Morgan fingerprint density at radius 3 is 2.63 bits per heavy atom. The molecule has 0 fully saturated rings. The van der Waals surface area contributed by atoms with Crippen LogP contribution in [0, 0.1) is 6.92 Å². The number of aromatic carboxylic acids is 1. The van der Waals surface area contributed by atoms with Crippen molar-refractivity contribution in [1.29, 1.82) is 0 Å². The fraction of sp³-hybridized carbons (Fsp3) is 0.286. The normalized spacial score (nSPS) is 10.7. The first kappa shape index (κ1) is 13.1. The van der Waals surface area contributed by atoms with Crippen LogP contribution in [0.25, 0.3) is 0 Å². The maximum Gasteiger partial charge on any atom is 0.356 e. The number of imidazole rings is 1. The number of benzene rings is 1. The van der Waals surface area contributed by atoms with E-state index in [2.05, 4.69) is 4.98 Å². The highest BCUT2D eigenvalue weighted by molar-refractivity contribution is 5.85. The van der Waals surface area contributed by atoms with Gasteiger partial charge in [-0.2, -0.15) is 4.98 Å². The molecule has 5 heteroatoms. The van der Waals surface area contributed by atoms with Gasteiger partial charge in [0, 0.05) is 12.2 Å². The summed E-state index contributed by atoms with van der Waals surface area (Å²) in [5.74, 6) is -0.388. The average Bonchev–Trinajstić information content (AvgIpc) is 2.76. The molecule has 5 nitrogen and oxygen atoms in total. The Labute approximate surface area is 111 Å². The first-order valence-corrected chi connectivity index (χ1v) is 6.04. The Balaban J connectivity index is 2.39. The summed E-state index contributed by atoms with van der Waals surface area (Å²) in [4.78, 5) is 15.0. The van der Waals surface area contributed by atoms with Crippen molar-refractivity contribution in [3.8, 4) is 11.8 Å². The summed E-state index contributed by atoms with van der Waals surface area (Å²) in [5.41, 5.74) is 0.954. The van der Waals surface area contributed by atoms with E-state index >= 15 is 0 Å². The fourth-order valence-electron chi connectivity index (χ4n) is 1.69. The van der Waals surface area contributed by atoms with Crippen molar-refractivity contribution in [3.63, 3.8) is 0 Å². The van der Waals surface area contributed by atoms with E-state index in [1.54, 1.807) is 4.57 Å². The highest BCUT2D eigenvalue weighted by atomic mass is 16.5. The van der Waals surface area contributed by atoms with Gasteiger partial charge in [0.25, 0.3) is 0 Å². The van der Waals surface area contributed by atoms with Gasteiger partial charge in [-0.15, -0.1) is 0 Å². The number of hydrogen-bond acceptors (Lipinski definition) is 3. The van der Waals surface area contributed by atoms with Gasteiger partial charge >= 0.3 is 12.0 Å². The predicted molar refractivity (Wildman–Crippen MR) is 70.8 cm³/mol. The molecule has 0 saturated carbocycles. The number of para-hydroxylation sites is 1. The molecular weight excluding hydrogens is 244 g/mol. The number of aryl methyl sites for hydroxylation is 1. The monoisotopic (exact) mass is 260 g/mol. The molecule has 0 saturated heterocycles. The molecule has 2 rings (SSSR count). The fourth-order valence-corrected chi connectivity index (χ4v) is 1.69. The van der Waals surface area contributed by atoms with Crippen LogP contribution in [-0.4, -0.2) is 20.6 Å². The molecule has 19 heavy (non-hydrogen) atoms. The van der Waals surface area contributed by atoms with Gasteiger partial charge < -0.3 is 9.84 Å². The molecule has 0 bridgehead atoms. The third-order valence-electron chi connectivity index (χ3n) is 2.77. The topological polar surface area (TPSA) is 64.3 Å². The number of aromatic nitrogens is 2. The largest absolute Gasteiger partial charge is 0.476 e. The average molecular weight is 260 g/mol. The molecule has 100 valence electrons. The molecule has 0 atom stereocenters. The predicted octanol–water partition coefficient (Wildman–Crippen LogP) is 3.26. The van der Waals surface area contributed by atoms with Crippen molar-refractivity contribution < 1.29 is 14.6 Å². The van der Waals surface area contributed by atoms with E-state index in [0.717, 1.165) is 5.56 Å². The lowest BCUT2D eigenvalue weighted by Gasteiger charge is -2.12. The molecule has 0 spiro atoms. The Hall–Kier alpha value is -2.30. The van der Waals surface area contributed by atoms with E-state index < -0.39 is 5.97 Å². The van der Waals surface area contributed by atoms with E-state index in [1.165, 1.54) is 6.20 Å². The summed E-state index contributed by atoms with van der Waals surface area (Å²) >= 11 is 0. The number of ether oxygens (including phenoxy) is 1. The zero-order chi connectivity index (χ0) is 14.0. The van der Waals surface area contributed by atoms with Crippen LogP contribution < -0.4 is 4.74 Å². The van der Waals surface area contributed by atoms with Gasteiger partial charge in [-0.25, -0.2) is 4.79 Å². The van der Waals surface area contributed by atoms with Crippen LogP contribution in [0.2, 0.25) is 0 Å². The van der Waals surface area contributed by atoms with Gasteiger partial charge in [-0.1, -0.05) is 18.2 Å². The van der Waals surface area contributed by atoms with Crippen molar-refractivity contribution >= 4 is 5.97 Å². The van der Waals surface area contributed by atoms with Crippen LogP contribution in [-0.2, 0) is 0 Å². The summed E-state index contributed by atoms with van der Waals surface area (Å²) in [6.07, 6.45) is 1.49. The van der Waals surface area contributed by atoms with Crippen molar-refractivity contribution in [3.05, 3.63) is 41.7 Å². The minimum atomic E-state index is -1.06. The zero-order valence-electron chi connectivity index (χ0n) is 11.1. The SMILES string of the molecule is Cc1ccccc1Oc1nc(C(=O)O)cn1C(C)C. The Kier molecular flexibility index (Phi) is 3.55. The Bertz CT molecular complexity index is 602. The molecule has 0 unspecified atom stereocenters. The highest BCUT2D eigenvalue weighted by Crippen LogP contribution is 2.26. The van der Waals surface area contributed by atoms with Crippen molar-refractivity contribution in [1.82, 2.24) is 9.55 Å². The lowest BCUT2D eigenvalue weighted by Crippen LogP contribution is -2.02. The lowest BCUT2D eigenvalue weighted by molar-refractivity contribution is 0.0690. The molecule has 1 aromatic carbocycles. The zero-order valence-corrected chi connectivity index (χ0v) is 11.1. The van der Waals surface area contributed by atoms with E-state index in [-0.39, 0.29) is 11.7 Å². The molecule has 0 amide bonds. The molecule has 0 aliphatic rings. The molecule has 2 aromatic rings. The minimum absolute atomic E-state index is 0.0164. The van der Waals surface area contributed by atoms with Gasteiger partial charge in [0.1, 0.15) is 5.75 Å². The second-order valence-electron chi connectivity index (χ2n) is 4.58. The minimum Gasteiger partial charge on any atom is -0.476 e. The molecule has 0 aliphatic heterocycles. The molecule has 0 aliphatic carbocycles.